The lowest BCUT2D eigenvalue weighted by molar-refractivity contribution is -0.153. The molecule has 25 heavy (non-hydrogen) atoms. The number of rotatable bonds is 10. The van der Waals surface area contributed by atoms with Crippen molar-refractivity contribution in [2.75, 3.05) is 18.9 Å². The average Bonchev–Trinajstić information content (AvgIpc) is 2.60. The molecule has 1 aromatic rings. The van der Waals surface area contributed by atoms with E-state index in [9.17, 15) is 23.1 Å². The second-order valence-electron chi connectivity index (χ2n) is 5.54. The third-order valence-electron chi connectivity index (χ3n) is 3.46. The van der Waals surface area contributed by atoms with Gasteiger partial charge >= 0.3 is 5.97 Å². The molecule has 0 aliphatic heterocycles. The van der Waals surface area contributed by atoms with E-state index in [1.165, 1.54) is 24.3 Å². The highest BCUT2D eigenvalue weighted by atomic mass is 32.2. The number of nitrogens with one attached hydrogen (secondary N) is 1. The lowest BCUT2D eigenvalue weighted by Crippen LogP contribution is -2.27. The van der Waals surface area contributed by atoms with Crippen LogP contribution in [0.3, 0.4) is 0 Å². The zero-order chi connectivity index (χ0) is 18.9. The van der Waals surface area contributed by atoms with Crippen molar-refractivity contribution in [2.45, 2.75) is 44.1 Å². The molecule has 8 heteroatoms. The molecule has 0 heterocycles. The van der Waals surface area contributed by atoms with Crippen LogP contribution in [0.5, 0.6) is 0 Å². The maximum absolute atomic E-state index is 12.0. The van der Waals surface area contributed by atoms with Crippen LogP contribution in [0.2, 0.25) is 0 Å². The van der Waals surface area contributed by atoms with Crippen molar-refractivity contribution in [2.24, 2.45) is 0 Å². The largest absolute Gasteiger partial charge is 0.464 e. The van der Waals surface area contributed by atoms with Crippen molar-refractivity contribution >= 4 is 21.7 Å². The maximum atomic E-state index is 12.0. The van der Waals surface area contributed by atoms with Crippen molar-refractivity contribution in [1.82, 2.24) is 5.32 Å². The topological polar surface area (TPSA) is 110 Å². The molecule has 1 amide bonds. The highest BCUT2D eigenvalue weighted by molar-refractivity contribution is 7.91. The lowest BCUT2D eigenvalue weighted by Gasteiger charge is -2.09. The van der Waals surface area contributed by atoms with Crippen LogP contribution in [0.25, 0.3) is 0 Å². The van der Waals surface area contributed by atoms with Gasteiger partial charge in [0.2, 0.25) is 0 Å². The molecular formula is C17H25NO6S. The first-order valence-corrected chi connectivity index (χ1v) is 9.92. The molecule has 0 aliphatic carbocycles. The van der Waals surface area contributed by atoms with Gasteiger partial charge in [0.25, 0.3) is 5.91 Å². The van der Waals surface area contributed by atoms with Crippen molar-refractivity contribution in [1.29, 1.82) is 0 Å². The summed E-state index contributed by atoms with van der Waals surface area (Å²) < 4.78 is 28.7. The number of sulfone groups is 1. The van der Waals surface area contributed by atoms with E-state index in [0.717, 1.165) is 0 Å². The number of amides is 1. The Labute approximate surface area is 148 Å². The SMILES string of the molecule is CCCS(=O)(=O)c1ccc(C(=O)NCCCOC(=O)C(O)CC)cc1. The minimum Gasteiger partial charge on any atom is -0.464 e. The van der Waals surface area contributed by atoms with E-state index in [2.05, 4.69) is 5.32 Å². The first-order chi connectivity index (χ1) is 11.8. The molecule has 1 rings (SSSR count). The maximum Gasteiger partial charge on any atom is 0.334 e. The molecule has 7 nitrogen and oxygen atoms in total. The van der Waals surface area contributed by atoms with Crippen molar-refractivity contribution in [3.05, 3.63) is 29.8 Å². The van der Waals surface area contributed by atoms with E-state index in [0.29, 0.717) is 31.4 Å². The molecular weight excluding hydrogens is 346 g/mol. The number of benzene rings is 1. The Morgan fingerprint density at radius 2 is 1.84 bits per heavy atom. The molecule has 0 fully saturated rings. The zero-order valence-electron chi connectivity index (χ0n) is 14.5. The zero-order valence-corrected chi connectivity index (χ0v) is 15.3. The fourth-order valence-electron chi connectivity index (χ4n) is 2.01. The van der Waals surface area contributed by atoms with Crippen molar-refractivity contribution in [3.8, 4) is 0 Å². The molecule has 0 bridgehead atoms. The molecule has 2 N–H and O–H groups in total. The van der Waals surface area contributed by atoms with Crippen LogP contribution in [0.4, 0.5) is 0 Å². The van der Waals surface area contributed by atoms with E-state index >= 15 is 0 Å². The van der Waals surface area contributed by atoms with Gasteiger partial charge in [-0.05, 0) is 43.5 Å². The van der Waals surface area contributed by atoms with Crippen LogP contribution in [0.1, 0.15) is 43.5 Å². The van der Waals surface area contributed by atoms with Gasteiger partial charge in [0.1, 0.15) is 0 Å². The smallest absolute Gasteiger partial charge is 0.334 e. The number of carbonyl (C=O) groups excluding carboxylic acids is 2. The van der Waals surface area contributed by atoms with Crippen LogP contribution in [0.15, 0.2) is 29.2 Å². The fraction of sp³-hybridized carbons (Fsp3) is 0.529. The quantitative estimate of drug-likeness (QED) is 0.474. The molecule has 0 spiro atoms. The number of aliphatic hydroxyl groups is 1. The van der Waals surface area contributed by atoms with Gasteiger partial charge in [-0.2, -0.15) is 0 Å². The molecule has 0 radical (unpaired) electrons. The molecule has 0 aromatic heterocycles. The summed E-state index contributed by atoms with van der Waals surface area (Å²) in [4.78, 5) is 23.4. The Hall–Kier alpha value is -1.93. The Kier molecular flexibility index (Phi) is 8.57. The highest BCUT2D eigenvalue weighted by Gasteiger charge is 2.15. The Morgan fingerprint density at radius 1 is 1.20 bits per heavy atom. The average molecular weight is 371 g/mol. The third kappa shape index (κ3) is 6.83. The van der Waals surface area contributed by atoms with Crippen LogP contribution in [-0.2, 0) is 19.4 Å². The van der Waals surface area contributed by atoms with Crippen LogP contribution in [-0.4, -0.2) is 50.4 Å². The van der Waals surface area contributed by atoms with E-state index in [1.54, 1.807) is 13.8 Å². The fourth-order valence-corrected chi connectivity index (χ4v) is 3.34. The van der Waals surface area contributed by atoms with Crippen LogP contribution >= 0.6 is 0 Å². The molecule has 1 aromatic carbocycles. The van der Waals surface area contributed by atoms with Crippen molar-refractivity contribution < 1.29 is 27.9 Å². The van der Waals surface area contributed by atoms with Gasteiger partial charge in [-0.1, -0.05) is 13.8 Å². The predicted octanol–water partition coefficient (Wildman–Crippen LogP) is 1.30. The summed E-state index contributed by atoms with van der Waals surface area (Å²) in [6.07, 6.45) is 0.123. The minimum absolute atomic E-state index is 0.0734. The Bertz CT molecular complexity index is 669. The number of esters is 1. The first kappa shape index (κ1) is 21.1. The van der Waals surface area contributed by atoms with E-state index in [1.807, 2.05) is 0 Å². The van der Waals surface area contributed by atoms with Gasteiger partial charge in [0, 0.05) is 12.1 Å². The number of carbonyl (C=O) groups is 2. The third-order valence-corrected chi connectivity index (χ3v) is 5.39. The summed E-state index contributed by atoms with van der Waals surface area (Å²) in [5, 5.41) is 11.9. The second-order valence-corrected chi connectivity index (χ2v) is 7.65. The van der Waals surface area contributed by atoms with E-state index in [4.69, 9.17) is 4.74 Å². The minimum atomic E-state index is -3.30. The summed E-state index contributed by atoms with van der Waals surface area (Å²) in [5.74, 6) is -0.929. The number of hydrogen-bond acceptors (Lipinski definition) is 6. The number of hydrogen-bond donors (Lipinski definition) is 2. The number of ether oxygens (including phenoxy) is 1. The molecule has 1 unspecified atom stereocenters. The van der Waals surface area contributed by atoms with Gasteiger partial charge in [-0.3, -0.25) is 4.79 Å². The predicted molar refractivity (Wildman–Crippen MR) is 93.0 cm³/mol. The van der Waals surface area contributed by atoms with Crippen LogP contribution in [0, 0.1) is 0 Å². The Balaban J connectivity index is 2.42. The normalized spacial score (nSPS) is 12.4. The van der Waals surface area contributed by atoms with E-state index < -0.39 is 21.9 Å². The molecule has 0 saturated carbocycles. The summed E-state index contributed by atoms with van der Waals surface area (Å²) >= 11 is 0. The van der Waals surface area contributed by atoms with Gasteiger partial charge < -0.3 is 15.2 Å². The summed E-state index contributed by atoms with van der Waals surface area (Å²) in [7, 11) is -3.30. The lowest BCUT2D eigenvalue weighted by atomic mass is 10.2. The Morgan fingerprint density at radius 3 is 2.40 bits per heavy atom. The highest BCUT2D eigenvalue weighted by Crippen LogP contribution is 2.13. The molecule has 1 atom stereocenters. The molecule has 140 valence electrons. The number of aliphatic hydroxyl groups excluding tert-OH is 1. The standard InChI is InChI=1S/C17H25NO6S/c1-3-12-25(22,23)14-8-6-13(7-9-14)16(20)18-10-5-11-24-17(21)15(19)4-2/h6-9,15,19H,3-5,10-12H2,1-2H3,(H,18,20). The monoisotopic (exact) mass is 371 g/mol. The second kappa shape index (κ2) is 10.1. The van der Waals surface area contributed by atoms with Crippen LogP contribution < -0.4 is 5.32 Å². The van der Waals surface area contributed by atoms with Gasteiger partial charge in [-0.15, -0.1) is 0 Å². The molecule has 0 aliphatic rings. The van der Waals surface area contributed by atoms with Gasteiger partial charge in [0.15, 0.2) is 15.9 Å². The van der Waals surface area contributed by atoms with Crippen molar-refractivity contribution in [3.63, 3.8) is 0 Å². The molecule has 0 saturated heterocycles. The van der Waals surface area contributed by atoms with Gasteiger partial charge in [-0.25, -0.2) is 13.2 Å². The van der Waals surface area contributed by atoms with E-state index in [-0.39, 0.29) is 23.2 Å². The summed E-state index contributed by atoms with van der Waals surface area (Å²) in [5.41, 5.74) is 0.355. The van der Waals surface area contributed by atoms with Gasteiger partial charge in [0.05, 0.1) is 17.3 Å². The summed E-state index contributed by atoms with van der Waals surface area (Å²) in [6, 6.07) is 5.78. The summed E-state index contributed by atoms with van der Waals surface area (Å²) in [6.45, 7) is 3.86. The first-order valence-electron chi connectivity index (χ1n) is 8.27.